The molecule has 0 saturated heterocycles. The molecule has 0 saturated carbocycles. The molecule has 0 spiro atoms. The number of benzene rings is 2. The fraction of sp³-hybridized carbons (Fsp3) is 0.278. The minimum Gasteiger partial charge on any atom is -0.492 e. The molecule has 0 aliphatic rings. The predicted molar refractivity (Wildman–Crippen MR) is 110 cm³/mol. The summed E-state index contributed by atoms with van der Waals surface area (Å²) in [6.07, 6.45) is 0. The summed E-state index contributed by atoms with van der Waals surface area (Å²) >= 11 is 9.20. The Bertz CT molecular complexity index is 972. The number of nitrogens with one attached hydrogen (secondary N) is 1. The number of hydrogen-bond donors (Lipinski definition) is 1. The standard InChI is InChI=1S/C18H19BrClFN2O4S/c1-3-23(11-18(24)22-16-7-5-12(19)9-15(16)21)28(25,26)13-6-8-17(27-4-2)14(20)10-13/h5-10H,3-4,11H2,1-2H3,(H,22,24). The third-order valence-corrected chi connectivity index (χ3v) is 6.42. The van der Waals surface area contributed by atoms with Crippen LogP contribution in [0.2, 0.25) is 5.02 Å². The molecule has 1 N–H and O–H groups in total. The monoisotopic (exact) mass is 492 g/mol. The van der Waals surface area contributed by atoms with Gasteiger partial charge < -0.3 is 10.1 Å². The Morgan fingerprint density at radius 3 is 2.54 bits per heavy atom. The SMILES string of the molecule is CCOc1ccc(S(=O)(=O)N(CC)CC(=O)Nc2ccc(Br)cc2F)cc1Cl. The van der Waals surface area contributed by atoms with Crippen LogP contribution in [0.1, 0.15) is 13.8 Å². The Kier molecular flexibility index (Phi) is 7.82. The molecule has 28 heavy (non-hydrogen) atoms. The van der Waals surface area contributed by atoms with Gasteiger partial charge in [0.15, 0.2) is 0 Å². The summed E-state index contributed by atoms with van der Waals surface area (Å²) in [4.78, 5) is 12.2. The van der Waals surface area contributed by atoms with Gasteiger partial charge in [-0.05, 0) is 43.3 Å². The second-order valence-corrected chi connectivity index (χ2v) is 8.89. The Morgan fingerprint density at radius 2 is 1.96 bits per heavy atom. The van der Waals surface area contributed by atoms with Crippen LogP contribution in [0.5, 0.6) is 5.75 Å². The third-order valence-electron chi connectivity index (χ3n) is 3.72. The summed E-state index contributed by atoms with van der Waals surface area (Å²) < 4.78 is 46.4. The Morgan fingerprint density at radius 1 is 1.25 bits per heavy atom. The number of ether oxygens (including phenoxy) is 1. The molecule has 0 fully saturated rings. The van der Waals surface area contributed by atoms with Gasteiger partial charge in [-0.1, -0.05) is 34.5 Å². The van der Waals surface area contributed by atoms with Crippen molar-refractivity contribution in [3.63, 3.8) is 0 Å². The van der Waals surface area contributed by atoms with E-state index >= 15 is 0 Å². The van der Waals surface area contributed by atoms with Crippen LogP contribution < -0.4 is 10.1 Å². The average Bonchev–Trinajstić information content (AvgIpc) is 2.63. The van der Waals surface area contributed by atoms with Crippen molar-refractivity contribution in [2.45, 2.75) is 18.7 Å². The van der Waals surface area contributed by atoms with E-state index in [2.05, 4.69) is 21.2 Å². The second-order valence-electron chi connectivity index (χ2n) is 5.63. The Hall–Kier alpha value is -1.68. The fourth-order valence-corrected chi connectivity index (χ4v) is 4.44. The minimum absolute atomic E-state index is 0.0363. The molecule has 0 aromatic heterocycles. The fourth-order valence-electron chi connectivity index (χ4n) is 2.37. The van der Waals surface area contributed by atoms with Gasteiger partial charge in [-0.2, -0.15) is 4.31 Å². The predicted octanol–water partition coefficient (Wildman–Crippen LogP) is 4.29. The van der Waals surface area contributed by atoms with Crippen molar-refractivity contribution in [3.8, 4) is 5.75 Å². The number of hydrogen-bond acceptors (Lipinski definition) is 4. The number of amides is 1. The highest BCUT2D eigenvalue weighted by molar-refractivity contribution is 9.10. The number of carbonyl (C=O) groups excluding carboxylic acids is 1. The van der Waals surface area contributed by atoms with Crippen molar-refractivity contribution in [1.82, 2.24) is 4.31 Å². The molecule has 0 heterocycles. The summed E-state index contributed by atoms with van der Waals surface area (Å²) in [7, 11) is -3.98. The van der Waals surface area contributed by atoms with Crippen LogP contribution in [0.3, 0.4) is 0 Å². The molecule has 2 aromatic carbocycles. The van der Waals surface area contributed by atoms with E-state index in [0.717, 1.165) is 4.31 Å². The molecular formula is C18H19BrClFN2O4S. The maximum absolute atomic E-state index is 13.9. The molecule has 0 aliphatic heterocycles. The zero-order chi connectivity index (χ0) is 20.9. The Labute approximate surface area is 176 Å². The topological polar surface area (TPSA) is 75.7 Å². The molecule has 10 heteroatoms. The number of carbonyl (C=O) groups is 1. The van der Waals surface area contributed by atoms with Crippen molar-refractivity contribution in [2.75, 3.05) is 25.0 Å². The summed E-state index contributed by atoms with van der Waals surface area (Å²) in [6.45, 7) is 3.34. The van der Waals surface area contributed by atoms with Gasteiger partial charge >= 0.3 is 0 Å². The number of rotatable bonds is 8. The van der Waals surface area contributed by atoms with Gasteiger partial charge in [-0.15, -0.1) is 0 Å². The van der Waals surface area contributed by atoms with Gasteiger partial charge in [0.05, 0.1) is 28.8 Å². The number of halogens is 3. The van der Waals surface area contributed by atoms with Gasteiger partial charge in [0.25, 0.3) is 0 Å². The molecule has 0 unspecified atom stereocenters. The first-order chi connectivity index (χ1) is 13.2. The zero-order valence-corrected chi connectivity index (χ0v) is 18.4. The van der Waals surface area contributed by atoms with Gasteiger partial charge in [-0.25, -0.2) is 12.8 Å². The number of nitrogens with zero attached hydrogens (tertiary/aromatic N) is 1. The van der Waals surface area contributed by atoms with E-state index in [9.17, 15) is 17.6 Å². The number of likely N-dealkylation sites (N-methyl/N-ethyl adjacent to an activating group) is 1. The lowest BCUT2D eigenvalue weighted by Crippen LogP contribution is -2.38. The van der Waals surface area contributed by atoms with E-state index in [1.165, 1.54) is 30.3 Å². The van der Waals surface area contributed by atoms with E-state index in [4.69, 9.17) is 16.3 Å². The summed E-state index contributed by atoms with van der Waals surface area (Å²) in [6, 6.07) is 8.25. The van der Waals surface area contributed by atoms with Crippen LogP contribution in [-0.4, -0.2) is 38.3 Å². The molecule has 2 rings (SSSR count). The molecule has 0 aliphatic carbocycles. The molecule has 0 bridgehead atoms. The molecule has 6 nitrogen and oxygen atoms in total. The van der Waals surface area contributed by atoms with Crippen LogP contribution in [0.15, 0.2) is 45.8 Å². The van der Waals surface area contributed by atoms with Crippen LogP contribution in [-0.2, 0) is 14.8 Å². The largest absolute Gasteiger partial charge is 0.492 e. The van der Waals surface area contributed by atoms with Crippen molar-refractivity contribution >= 4 is 49.1 Å². The molecular weight excluding hydrogens is 475 g/mol. The van der Waals surface area contributed by atoms with Gasteiger partial charge in [0.2, 0.25) is 15.9 Å². The maximum Gasteiger partial charge on any atom is 0.243 e. The quantitative estimate of drug-likeness (QED) is 0.595. The lowest BCUT2D eigenvalue weighted by atomic mass is 10.3. The second kappa shape index (κ2) is 9.69. The highest BCUT2D eigenvalue weighted by atomic mass is 79.9. The maximum atomic E-state index is 13.9. The molecule has 1 amide bonds. The molecule has 152 valence electrons. The van der Waals surface area contributed by atoms with Crippen molar-refractivity contribution < 1.29 is 22.3 Å². The van der Waals surface area contributed by atoms with E-state index in [-0.39, 0.29) is 22.2 Å². The lowest BCUT2D eigenvalue weighted by molar-refractivity contribution is -0.116. The van der Waals surface area contributed by atoms with Crippen LogP contribution >= 0.6 is 27.5 Å². The van der Waals surface area contributed by atoms with Crippen molar-refractivity contribution in [2.24, 2.45) is 0 Å². The minimum atomic E-state index is -3.98. The zero-order valence-electron chi connectivity index (χ0n) is 15.2. The molecule has 0 atom stereocenters. The number of anilines is 1. The normalized spacial score (nSPS) is 11.5. The third kappa shape index (κ3) is 5.44. The smallest absolute Gasteiger partial charge is 0.243 e. The van der Waals surface area contributed by atoms with Crippen LogP contribution in [0, 0.1) is 5.82 Å². The first kappa shape index (κ1) is 22.6. The highest BCUT2D eigenvalue weighted by Gasteiger charge is 2.26. The van der Waals surface area contributed by atoms with E-state index < -0.39 is 28.3 Å². The average molecular weight is 494 g/mol. The highest BCUT2D eigenvalue weighted by Crippen LogP contribution is 2.29. The first-order valence-electron chi connectivity index (χ1n) is 8.36. The van der Waals surface area contributed by atoms with E-state index in [1.807, 2.05) is 0 Å². The van der Waals surface area contributed by atoms with Crippen molar-refractivity contribution in [1.29, 1.82) is 0 Å². The van der Waals surface area contributed by atoms with Gasteiger partial charge in [0, 0.05) is 11.0 Å². The number of sulfonamides is 1. The van der Waals surface area contributed by atoms with Gasteiger partial charge in [0.1, 0.15) is 11.6 Å². The molecule has 2 aromatic rings. The van der Waals surface area contributed by atoms with E-state index in [0.29, 0.717) is 16.8 Å². The summed E-state index contributed by atoms with van der Waals surface area (Å²) in [5.41, 5.74) is -0.0363. The van der Waals surface area contributed by atoms with Crippen LogP contribution in [0.4, 0.5) is 10.1 Å². The van der Waals surface area contributed by atoms with E-state index in [1.54, 1.807) is 19.9 Å². The lowest BCUT2D eigenvalue weighted by Gasteiger charge is -2.20. The summed E-state index contributed by atoms with van der Waals surface area (Å²) in [5.74, 6) is -0.926. The first-order valence-corrected chi connectivity index (χ1v) is 11.0. The van der Waals surface area contributed by atoms with Gasteiger partial charge in [-0.3, -0.25) is 4.79 Å². The van der Waals surface area contributed by atoms with Crippen LogP contribution in [0.25, 0.3) is 0 Å². The van der Waals surface area contributed by atoms with Crippen molar-refractivity contribution in [3.05, 3.63) is 51.7 Å². The molecule has 0 radical (unpaired) electrons. The summed E-state index contributed by atoms with van der Waals surface area (Å²) in [5, 5.41) is 2.53. The Balaban J connectivity index is 2.18.